The Balaban J connectivity index is 2.98. The Morgan fingerprint density at radius 2 is 1.89 bits per heavy atom. The van der Waals surface area contributed by atoms with Crippen LogP contribution < -0.4 is 11.1 Å². The first kappa shape index (κ1) is 15.7. The third-order valence-corrected chi connectivity index (χ3v) is 4.73. The highest BCUT2D eigenvalue weighted by atomic mass is 32.2. The van der Waals surface area contributed by atoms with E-state index < -0.39 is 26.5 Å². The highest BCUT2D eigenvalue weighted by Gasteiger charge is 2.32. The van der Waals surface area contributed by atoms with Gasteiger partial charge in [0.05, 0.1) is 5.54 Å². The fourth-order valence-electron chi connectivity index (χ4n) is 1.62. The minimum absolute atomic E-state index is 0.180. The quantitative estimate of drug-likeness (QED) is 0.819. The average molecular weight is 284 g/mol. The van der Waals surface area contributed by atoms with Crippen molar-refractivity contribution in [3.63, 3.8) is 0 Å². The van der Waals surface area contributed by atoms with Crippen LogP contribution in [0.5, 0.6) is 0 Å². The van der Waals surface area contributed by atoms with Crippen LogP contribution in [0.2, 0.25) is 0 Å². The number of amides is 1. The van der Waals surface area contributed by atoms with E-state index in [4.69, 9.17) is 5.73 Å². The first-order chi connectivity index (χ1) is 8.70. The Kier molecular flexibility index (Phi) is 4.70. The van der Waals surface area contributed by atoms with E-state index in [0.29, 0.717) is 0 Å². The smallest absolute Gasteiger partial charge is 0.238 e. The van der Waals surface area contributed by atoms with E-state index in [9.17, 15) is 13.2 Å². The van der Waals surface area contributed by atoms with Gasteiger partial charge < -0.3 is 11.1 Å². The van der Waals surface area contributed by atoms with Crippen molar-refractivity contribution < 1.29 is 13.2 Å². The van der Waals surface area contributed by atoms with Gasteiger partial charge in [0.1, 0.15) is 5.25 Å². The minimum Gasteiger partial charge on any atom is -0.344 e. The summed E-state index contributed by atoms with van der Waals surface area (Å²) in [6.07, 6.45) is 1.04. The monoisotopic (exact) mass is 284 g/mol. The maximum Gasteiger partial charge on any atom is 0.238 e. The molecule has 19 heavy (non-hydrogen) atoms. The lowest BCUT2D eigenvalue weighted by atomic mass is 9.92. The molecular weight excluding hydrogens is 264 g/mol. The molecule has 0 heterocycles. The largest absolute Gasteiger partial charge is 0.344 e. The molecule has 1 aromatic rings. The second-order valence-corrected chi connectivity index (χ2v) is 7.23. The standard InChI is InChI=1S/C13H20N2O3S/c1-10(19(3,17)18)12(16)15-13(2,9-14)11-7-5-4-6-8-11/h4-8,10H,9,14H2,1-3H3,(H,15,16). The minimum atomic E-state index is -3.42. The van der Waals surface area contributed by atoms with E-state index in [1.807, 2.05) is 30.3 Å². The number of carbonyl (C=O) groups excluding carboxylic acids is 1. The predicted molar refractivity (Wildman–Crippen MR) is 75.3 cm³/mol. The van der Waals surface area contributed by atoms with Crippen LogP contribution >= 0.6 is 0 Å². The molecule has 2 atom stereocenters. The number of hydrogen-bond acceptors (Lipinski definition) is 4. The summed E-state index contributed by atoms with van der Waals surface area (Å²) in [4.78, 5) is 12.0. The Morgan fingerprint density at radius 1 is 1.37 bits per heavy atom. The van der Waals surface area contributed by atoms with Gasteiger partial charge in [-0.15, -0.1) is 0 Å². The van der Waals surface area contributed by atoms with Crippen LogP contribution in [0, 0.1) is 0 Å². The van der Waals surface area contributed by atoms with E-state index in [1.54, 1.807) is 6.92 Å². The molecule has 2 unspecified atom stereocenters. The van der Waals surface area contributed by atoms with E-state index in [1.165, 1.54) is 6.92 Å². The Bertz CT molecular complexity index is 542. The third kappa shape index (κ3) is 3.78. The molecule has 0 fully saturated rings. The molecule has 1 rings (SSSR count). The Labute approximate surface area is 114 Å². The van der Waals surface area contributed by atoms with Crippen molar-refractivity contribution in [2.45, 2.75) is 24.6 Å². The lowest BCUT2D eigenvalue weighted by Crippen LogP contribution is -2.52. The van der Waals surface area contributed by atoms with Crippen LogP contribution in [0.4, 0.5) is 0 Å². The molecule has 0 bridgehead atoms. The molecule has 0 aliphatic heterocycles. The van der Waals surface area contributed by atoms with Gasteiger partial charge in [-0.1, -0.05) is 30.3 Å². The van der Waals surface area contributed by atoms with Gasteiger partial charge in [0.15, 0.2) is 9.84 Å². The van der Waals surface area contributed by atoms with Crippen molar-refractivity contribution in [2.75, 3.05) is 12.8 Å². The van der Waals surface area contributed by atoms with Gasteiger partial charge in [-0.2, -0.15) is 0 Å². The van der Waals surface area contributed by atoms with E-state index in [2.05, 4.69) is 5.32 Å². The number of rotatable bonds is 5. The Morgan fingerprint density at radius 3 is 2.32 bits per heavy atom. The first-order valence-corrected chi connectivity index (χ1v) is 7.92. The third-order valence-electron chi connectivity index (χ3n) is 3.23. The number of sulfone groups is 1. The van der Waals surface area contributed by atoms with Gasteiger partial charge in [-0.3, -0.25) is 4.79 Å². The molecule has 5 nitrogen and oxygen atoms in total. The molecule has 0 saturated carbocycles. The Hall–Kier alpha value is -1.40. The molecule has 3 N–H and O–H groups in total. The van der Waals surface area contributed by atoms with E-state index in [0.717, 1.165) is 11.8 Å². The van der Waals surface area contributed by atoms with Crippen LogP contribution in [-0.4, -0.2) is 32.4 Å². The molecule has 0 aromatic heterocycles. The van der Waals surface area contributed by atoms with Gasteiger partial charge in [-0.05, 0) is 19.4 Å². The zero-order valence-corrected chi connectivity index (χ0v) is 12.2. The van der Waals surface area contributed by atoms with Gasteiger partial charge in [-0.25, -0.2) is 8.42 Å². The number of benzene rings is 1. The van der Waals surface area contributed by atoms with Crippen molar-refractivity contribution in [3.05, 3.63) is 35.9 Å². The first-order valence-electron chi connectivity index (χ1n) is 5.97. The number of carbonyl (C=O) groups is 1. The van der Waals surface area contributed by atoms with Crippen LogP contribution in [0.3, 0.4) is 0 Å². The van der Waals surface area contributed by atoms with Crippen LogP contribution in [0.1, 0.15) is 19.4 Å². The highest BCUT2D eigenvalue weighted by Crippen LogP contribution is 2.19. The van der Waals surface area contributed by atoms with Crippen molar-refractivity contribution in [1.82, 2.24) is 5.32 Å². The number of nitrogens with one attached hydrogen (secondary N) is 1. The van der Waals surface area contributed by atoms with Gasteiger partial charge in [0, 0.05) is 12.8 Å². The van der Waals surface area contributed by atoms with Crippen LogP contribution in [-0.2, 0) is 20.2 Å². The summed E-state index contributed by atoms with van der Waals surface area (Å²) in [5.74, 6) is -0.542. The fraction of sp³-hybridized carbons (Fsp3) is 0.462. The summed E-state index contributed by atoms with van der Waals surface area (Å²) < 4.78 is 22.8. The summed E-state index contributed by atoms with van der Waals surface area (Å²) in [5, 5.41) is 1.63. The molecule has 0 radical (unpaired) electrons. The summed E-state index contributed by atoms with van der Waals surface area (Å²) in [6, 6.07) is 9.24. The molecule has 106 valence electrons. The summed E-state index contributed by atoms with van der Waals surface area (Å²) >= 11 is 0. The summed E-state index contributed by atoms with van der Waals surface area (Å²) in [6.45, 7) is 3.32. The maximum atomic E-state index is 12.0. The zero-order chi connectivity index (χ0) is 14.7. The van der Waals surface area contributed by atoms with E-state index >= 15 is 0 Å². The average Bonchev–Trinajstić information content (AvgIpc) is 2.37. The topological polar surface area (TPSA) is 89.3 Å². The summed E-state index contributed by atoms with van der Waals surface area (Å²) in [7, 11) is -3.42. The predicted octanol–water partition coefficient (Wildman–Crippen LogP) is 0.410. The fourth-order valence-corrected chi connectivity index (χ4v) is 2.06. The summed E-state index contributed by atoms with van der Waals surface area (Å²) in [5.41, 5.74) is 5.79. The van der Waals surface area contributed by atoms with Crippen molar-refractivity contribution in [1.29, 1.82) is 0 Å². The molecule has 0 spiro atoms. The normalized spacial score (nSPS) is 16.4. The molecule has 1 amide bonds. The van der Waals surface area contributed by atoms with Gasteiger partial charge in [0.25, 0.3) is 0 Å². The zero-order valence-electron chi connectivity index (χ0n) is 11.4. The van der Waals surface area contributed by atoms with Crippen molar-refractivity contribution in [3.8, 4) is 0 Å². The SMILES string of the molecule is CC(C(=O)NC(C)(CN)c1ccccc1)S(C)(=O)=O. The van der Waals surface area contributed by atoms with E-state index in [-0.39, 0.29) is 6.54 Å². The second kappa shape index (κ2) is 5.71. The van der Waals surface area contributed by atoms with Crippen molar-refractivity contribution in [2.24, 2.45) is 5.73 Å². The molecule has 0 aliphatic carbocycles. The molecule has 0 saturated heterocycles. The maximum absolute atomic E-state index is 12.0. The molecule has 1 aromatic carbocycles. The van der Waals surface area contributed by atoms with Crippen LogP contribution in [0.15, 0.2) is 30.3 Å². The van der Waals surface area contributed by atoms with Gasteiger partial charge >= 0.3 is 0 Å². The second-order valence-electron chi connectivity index (χ2n) is 4.86. The highest BCUT2D eigenvalue weighted by molar-refractivity contribution is 7.92. The lowest BCUT2D eigenvalue weighted by Gasteiger charge is -2.31. The number of hydrogen-bond donors (Lipinski definition) is 2. The lowest BCUT2D eigenvalue weighted by molar-refractivity contribution is -0.122. The number of nitrogens with two attached hydrogens (primary N) is 1. The molecule has 6 heteroatoms. The van der Waals surface area contributed by atoms with Crippen LogP contribution in [0.25, 0.3) is 0 Å². The van der Waals surface area contributed by atoms with Crippen molar-refractivity contribution >= 4 is 15.7 Å². The molecule has 0 aliphatic rings. The van der Waals surface area contributed by atoms with Gasteiger partial charge in [0.2, 0.25) is 5.91 Å². The molecular formula is C13H20N2O3S.